The van der Waals surface area contributed by atoms with Gasteiger partial charge in [0.2, 0.25) is 0 Å². The summed E-state index contributed by atoms with van der Waals surface area (Å²) in [6.07, 6.45) is 0. The van der Waals surface area contributed by atoms with Crippen molar-refractivity contribution in [3.63, 3.8) is 0 Å². The van der Waals surface area contributed by atoms with Crippen LogP contribution >= 0.6 is 0 Å². The molecule has 0 bridgehead atoms. The smallest absolute Gasteiger partial charge is 0.191 e. The van der Waals surface area contributed by atoms with E-state index in [1.54, 1.807) is 7.11 Å². The lowest BCUT2D eigenvalue weighted by Gasteiger charge is -2.27. The maximum Gasteiger partial charge on any atom is 0.191 e. The molecule has 0 unspecified atom stereocenters. The van der Waals surface area contributed by atoms with Crippen molar-refractivity contribution >= 4 is 5.96 Å². The number of hydrogen-bond acceptors (Lipinski definition) is 3. The van der Waals surface area contributed by atoms with Crippen LogP contribution in [0.25, 0.3) is 0 Å². The molecular weight excluding hydrogens is 230 g/mol. The van der Waals surface area contributed by atoms with Crippen LogP contribution < -0.4 is 10.5 Å². The predicted molar refractivity (Wildman–Crippen MR) is 70.7 cm³/mol. The summed E-state index contributed by atoms with van der Waals surface area (Å²) < 4.78 is 10.4. The van der Waals surface area contributed by atoms with Crippen molar-refractivity contribution < 1.29 is 9.47 Å². The average Bonchev–Trinajstić information content (AvgIpc) is 2.46. The van der Waals surface area contributed by atoms with Crippen LogP contribution in [0.15, 0.2) is 29.3 Å². The van der Waals surface area contributed by atoms with E-state index >= 15 is 0 Å². The molecule has 5 heteroatoms. The summed E-state index contributed by atoms with van der Waals surface area (Å²) in [6, 6.07) is 7.84. The molecular formula is C13H19N3O2. The third kappa shape index (κ3) is 3.37. The van der Waals surface area contributed by atoms with E-state index in [4.69, 9.17) is 15.2 Å². The first kappa shape index (κ1) is 12.7. The van der Waals surface area contributed by atoms with Gasteiger partial charge in [-0.1, -0.05) is 12.1 Å². The summed E-state index contributed by atoms with van der Waals surface area (Å²) in [7, 11) is 1.66. The molecule has 2 rings (SSSR count). The zero-order valence-electron chi connectivity index (χ0n) is 10.6. The summed E-state index contributed by atoms with van der Waals surface area (Å²) >= 11 is 0. The summed E-state index contributed by atoms with van der Waals surface area (Å²) in [5.41, 5.74) is 7.07. The maximum absolute atomic E-state index is 5.95. The van der Waals surface area contributed by atoms with Crippen molar-refractivity contribution in [1.29, 1.82) is 0 Å². The van der Waals surface area contributed by atoms with Gasteiger partial charge in [0.1, 0.15) is 5.75 Å². The molecule has 0 spiro atoms. The van der Waals surface area contributed by atoms with Gasteiger partial charge in [-0.25, -0.2) is 4.99 Å². The minimum atomic E-state index is 0.590. The van der Waals surface area contributed by atoms with E-state index in [1.165, 1.54) is 0 Å². The van der Waals surface area contributed by atoms with Gasteiger partial charge >= 0.3 is 0 Å². The van der Waals surface area contributed by atoms with Crippen LogP contribution in [0, 0.1) is 0 Å². The van der Waals surface area contributed by atoms with Gasteiger partial charge < -0.3 is 20.1 Å². The Morgan fingerprint density at radius 2 is 2.00 bits per heavy atom. The van der Waals surface area contributed by atoms with E-state index in [1.807, 2.05) is 29.2 Å². The second-order valence-electron chi connectivity index (χ2n) is 4.12. The van der Waals surface area contributed by atoms with Crippen molar-refractivity contribution in [2.24, 2.45) is 10.7 Å². The number of guanidine groups is 1. The van der Waals surface area contributed by atoms with Crippen LogP contribution in [0.2, 0.25) is 0 Å². The summed E-state index contributed by atoms with van der Waals surface area (Å²) in [5.74, 6) is 1.44. The third-order valence-corrected chi connectivity index (χ3v) is 2.92. The summed E-state index contributed by atoms with van der Waals surface area (Å²) in [5, 5.41) is 0. The summed E-state index contributed by atoms with van der Waals surface area (Å²) in [4.78, 5) is 6.45. The van der Waals surface area contributed by atoms with E-state index in [0.717, 1.165) is 37.6 Å². The number of morpholine rings is 1. The van der Waals surface area contributed by atoms with Gasteiger partial charge in [0.05, 0.1) is 26.9 Å². The monoisotopic (exact) mass is 249 g/mol. The molecule has 18 heavy (non-hydrogen) atoms. The molecule has 0 atom stereocenters. The normalized spacial score (nSPS) is 16.7. The van der Waals surface area contributed by atoms with Crippen molar-refractivity contribution in [1.82, 2.24) is 4.90 Å². The number of benzene rings is 1. The van der Waals surface area contributed by atoms with Gasteiger partial charge in [-0.15, -0.1) is 0 Å². The summed E-state index contributed by atoms with van der Waals surface area (Å²) in [6.45, 7) is 3.67. The Morgan fingerprint density at radius 3 is 2.61 bits per heavy atom. The molecule has 1 aromatic carbocycles. The lowest BCUT2D eigenvalue weighted by Crippen LogP contribution is -2.44. The van der Waals surface area contributed by atoms with Crippen LogP contribution in [0.5, 0.6) is 5.75 Å². The highest BCUT2D eigenvalue weighted by molar-refractivity contribution is 5.78. The molecule has 0 radical (unpaired) electrons. The van der Waals surface area contributed by atoms with Gasteiger partial charge in [0.15, 0.2) is 5.96 Å². The molecule has 1 aromatic rings. The lowest BCUT2D eigenvalue weighted by molar-refractivity contribution is 0.0674. The van der Waals surface area contributed by atoms with Crippen molar-refractivity contribution in [3.05, 3.63) is 29.8 Å². The van der Waals surface area contributed by atoms with Crippen LogP contribution in [0.1, 0.15) is 5.56 Å². The highest BCUT2D eigenvalue weighted by Gasteiger charge is 2.11. The quantitative estimate of drug-likeness (QED) is 0.637. The molecule has 0 amide bonds. The largest absolute Gasteiger partial charge is 0.497 e. The van der Waals surface area contributed by atoms with Gasteiger partial charge in [-0.2, -0.15) is 0 Å². The van der Waals surface area contributed by atoms with Crippen molar-refractivity contribution in [2.45, 2.75) is 6.54 Å². The zero-order chi connectivity index (χ0) is 12.8. The fourth-order valence-electron chi connectivity index (χ4n) is 1.80. The van der Waals surface area contributed by atoms with Crippen LogP contribution in [0.3, 0.4) is 0 Å². The highest BCUT2D eigenvalue weighted by atomic mass is 16.5. The Hall–Kier alpha value is -1.75. The molecule has 2 N–H and O–H groups in total. The topological polar surface area (TPSA) is 60.1 Å². The molecule has 98 valence electrons. The number of nitrogens with zero attached hydrogens (tertiary/aromatic N) is 2. The number of hydrogen-bond donors (Lipinski definition) is 1. The lowest BCUT2D eigenvalue weighted by atomic mass is 10.2. The van der Waals surface area contributed by atoms with Crippen molar-refractivity contribution in [3.8, 4) is 5.75 Å². The number of ether oxygens (including phenoxy) is 2. The molecule has 0 aromatic heterocycles. The Bertz CT molecular complexity index is 397. The van der Waals surface area contributed by atoms with Crippen molar-refractivity contribution in [2.75, 3.05) is 33.4 Å². The Balaban J connectivity index is 1.91. The van der Waals surface area contributed by atoms with Gasteiger partial charge in [0, 0.05) is 13.1 Å². The second-order valence-corrected chi connectivity index (χ2v) is 4.12. The molecule has 1 fully saturated rings. The Morgan fingerprint density at radius 1 is 1.33 bits per heavy atom. The van der Waals surface area contributed by atoms with E-state index < -0.39 is 0 Å². The number of rotatable bonds is 3. The van der Waals surface area contributed by atoms with E-state index in [9.17, 15) is 0 Å². The average molecular weight is 249 g/mol. The maximum atomic E-state index is 5.95. The fourth-order valence-corrected chi connectivity index (χ4v) is 1.80. The molecule has 0 saturated carbocycles. The fraction of sp³-hybridized carbons (Fsp3) is 0.462. The first-order valence-electron chi connectivity index (χ1n) is 6.05. The molecule has 1 aliphatic rings. The Kier molecular flexibility index (Phi) is 4.41. The molecule has 1 heterocycles. The standard InChI is InChI=1S/C13H19N3O2/c1-17-12-4-2-11(3-5-12)10-15-13(14)16-6-8-18-9-7-16/h2-5H,6-10H2,1H3,(H2,14,15). The van der Waals surface area contributed by atoms with Gasteiger partial charge in [0.25, 0.3) is 0 Å². The minimum absolute atomic E-state index is 0.590. The van der Waals surface area contributed by atoms with E-state index in [2.05, 4.69) is 4.99 Å². The molecule has 1 aliphatic heterocycles. The zero-order valence-corrected chi connectivity index (χ0v) is 10.6. The first-order chi connectivity index (χ1) is 8.79. The van der Waals surface area contributed by atoms with Crippen LogP contribution in [0.4, 0.5) is 0 Å². The van der Waals surface area contributed by atoms with Gasteiger partial charge in [-0.3, -0.25) is 0 Å². The predicted octanol–water partition coefficient (Wildman–Crippen LogP) is 0.842. The number of nitrogens with two attached hydrogens (primary N) is 1. The number of aliphatic imine (C=N–C) groups is 1. The van der Waals surface area contributed by atoms with Crippen LogP contribution in [-0.4, -0.2) is 44.3 Å². The van der Waals surface area contributed by atoms with Crippen LogP contribution in [-0.2, 0) is 11.3 Å². The third-order valence-electron chi connectivity index (χ3n) is 2.92. The molecule has 0 aliphatic carbocycles. The van der Waals surface area contributed by atoms with Gasteiger partial charge in [-0.05, 0) is 17.7 Å². The van der Waals surface area contributed by atoms with E-state index in [-0.39, 0.29) is 0 Å². The highest BCUT2D eigenvalue weighted by Crippen LogP contribution is 2.12. The SMILES string of the molecule is COc1ccc(CN=C(N)N2CCOCC2)cc1. The molecule has 1 saturated heterocycles. The first-order valence-corrected chi connectivity index (χ1v) is 6.05. The Labute approximate surface area is 107 Å². The number of methoxy groups -OCH3 is 1. The second kappa shape index (κ2) is 6.26. The minimum Gasteiger partial charge on any atom is -0.497 e. The van der Waals surface area contributed by atoms with E-state index in [0.29, 0.717) is 12.5 Å². The molecule has 5 nitrogen and oxygen atoms in total.